The van der Waals surface area contributed by atoms with Crippen molar-refractivity contribution in [2.24, 2.45) is 0 Å². The van der Waals surface area contributed by atoms with Crippen molar-refractivity contribution < 1.29 is 13.9 Å². The van der Waals surface area contributed by atoms with Crippen molar-refractivity contribution in [1.82, 2.24) is 0 Å². The van der Waals surface area contributed by atoms with E-state index in [0.29, 0.717) is 11.5 Å². The lowest BCUT2D eigenvalue weighted by Crippen LogP contribution is -1.93. The van der Waals surface area contributed by atoms with E-state index in [1.807, 2.05) is 6.07 Å². The Kier molecular flexibility index (Phi) is 4.21. The topological polar surface area (TPSA) is 42.2 Å². The van der Waals surface area contributed by atoms with Crippen LogP contribution in [-0.2, 0) is 0 Å². The summed E-state index contributed by atoms with van der Waals surface area (Å²) < 4.78 is 23.7. The Balaban J connectivity index is 2.15. The van der Waals surface area contributed by atoms with E-state index < -0.39 is 5.82 Å². The highest BCUT2D eigenvalue weighted by atomic mass is 19.1. The van der Waals surface area contributed by atoms with Gasteiger partial charge in [-0.05, 0) is 36.4 Å². The molecule has 2 rings (SSSR count). The lowest BCUT2D eigenvalue weighted by Gasteiger charge is -2.08. The van der Waals surface area contributed by atoms with Crippen LogP contribution in [0.4, 0.5) is 4.39 Å². The molecule has 0 saturated heterocycles. The molecule has 97 valence electrons. The number of rotatable bonds is 4. The van der Waals surface area contributed by atoms with Crippen molar-refractivity contribution in [2.45, 2.75) is 0 Å². The minimum Gasteiger partial charge on any atom is -0.481 e. The Bertz CT molecular complexity index is 681. The highest BCUT2D eigenvalue weighted by Crippen LogP contribution is 2.26. The van der Waals surface area contributed by atoms with Crippen molar-refractivity contribution in [3.05, 3.63) is 53.8 Å². The molecule has 20 heavy (non-hydrogen) atoms. The van der Waals surface area contributed by atoms with Gasteiger partial charge in [-0.15, -0.1) is 6.42 Å². The molecule has 0 bridgehead atoms. The number of halogens is 1. The molecule has 2 aromatic rings. The summed E-state index contributed by atoms with van der Waals surface area (Å²) in [5.74, 6) is 3.11. The highest BCUT2D eigenvalue weighted by Gasteiger charge is 2.06. The zero-order valence-electron chi connectivity index (χ0n) is 10.4. The monoisotopic (exact) mass is 266 g/mol. The van der Waals surface area contributed by atoms with Crippen molar-refractivity contribution in [2.75, 3.05) is 6.61 Å². The second-order valence-electron chi connectivity index (χ2n) is 3.74. The van der Waals surface area contributed by atoms with Crippen LogP contribution in [0.1, 0.15) is 5.56 Å². The molecule has 0 unspecified atom stereocenters. The SMILES string of the molecule is C#CCOc1ccc(Oc2c[c]c(F)cc2C#N)cc1. The Morgan fingerprint density at radius 3 is 2.60 bits per heavy atom. The number of nitrogens with zero attached hydrogens (tertiary/aromatic N) is 1. The van der Waals surface area contributed by atoms with Gasteiger partial charge in [0.15, 0.2) is 0 Å². The third kappa shape index (κ3) is 3.28. The molecule has 2 aromatic carbocycles. The maximum Gasteiger partial charge on any atom is 0.148 e. The van der Waals surface area contributed by atoms with E-state index in [4.69, 9.17) is 21.2 Å². The Morgan fingerprint density at radius 2 is 1.95 bits per heavy atom. The van der Waals surface area contributed by atoms with E-state index in [1.165, 1.54) is 6.07 Å². The van der Waals surface area contributed by atoms with Gasteiger partial charge in [-0.3, -0.25) is 0 Å². The first-order valence-electron chi connectivity index (χ1n) is 5.68. The molecule has 0 aliphatic heterocycles. The summed E-state index contributed by atoms with van der Waals surface area (Å²) in [6, 6.07) is 13.3. The Morgan fingerprint density at radius 1 is 1.25 bits per heavy atom. The molecule has 0 fully saturated rings. The van der Waals surface area contributed by atoms with E-state index >= 15 is 0 Å². The smallest absolute Gasteiger partial charge is 0.148 e. The number of hydrogen-bond donors (Lipinski definition) is 0. The van der Waals surface area contributed by atoms with Crippen molar-refractivity contribution in [3.63, 3.8) is 0 Å². The first-order chi connectivity index (χ1) is 9.72. The van der Waals surface area contributed by atoms with Gasteiger partial charge in [0.2, 0.25) is 0 Å². The summed E-state index contributed by atoms with van der Waals surface area (Å²) in [6.07, 6.45) is 5.09. The number of benzene rings is 2. The third-order valence-electron chi connectivity index (χ3n) is 2.37. The molecule has 0 spiro atoms. The molecule has 0 saturated carbocycles. The number of terminal acetylenes is 1. The molecule has 0 N–H and O–H groups in total. The number of nitriles is 1. The summed E-state index contributed by atoms with van der Waals surface area (Å²) >= 11 is 0. The zero-order valence-corrected chi connectivity index (χ0v) is 10.4. The minimum absolute atomic E-state index is 0.105. The second-order valence-corrected chi connectivity index (χ2v) is 3.74. The number of hydrogen-bond acceptors (Lipinski definition) is 3. The number of ether oxygens (including phenoxy) is 2. The van der Waals surface area contributed by atoms with Gasteiger partial charge in [-0.1, -0.05) is 5.92 Å². The molecule has 0 amide bonds. The van der Waals surface area contributed by atoms with Gasteiger partial charge in [0.1, 0.15) is 35.7 Å². The molecule has 0 heterocycles. The first-order valence-corrected chi connectivity index (χ1v) is 5.68. The van der Waals surface area contributed by atoms with Crippen LogP contribution in [0.2, 0.25) is 0 Å². The van der Waals surface area contributed by atoms with E-state index in [1.54, 1.807) is 24.3 Å². The van der Waals surface area contributed by atoms with E-state index in [-0.39, 0.29) is 17.9 Å². The van der Waals surface area contributed by atoms with Crippen molar-refractivity contribution >= 4 is 0 Å². The molecule has 1 radical (unpaired) electrons. The average molecular weight is 266 g/mol. The van der Waals surface area contributed by atoms with Gasteiger partial charge in [0, 0.05) is 6.07 Å². The fourth-order valence-corrected chi connectivity index (χ4v) is 1.48. The van der Waals surface area contributed by atoms with Gasteiger partial charge >= 0.3 is 0 Å². The molecule has 3 nitrogen and oxygen atoms in total. The van der Waals surface area contributed by atoms with Crippen LogP contribution in [-0.4, -0.2) is 6.61 Å². The van der Waals surface area contributed by atoms with Gasteiger partial charge in [-0.2, -0.15) is 5.26 Å². The molecule has 0 aliphatic carbocycles. The maximum absolute atomic E-state index is 12.9. The van der Waals surface area contributed by atoms with E-state index in [2.05, 4.69) is 12.0 Å². The van der Waals surface area contributed by atoms with Gasteiger partial charge < -0.3 is 9.47 Å². The maximum atomic E-state index is 12.9. The standard InChI is InChI=1S/C16H9FNO2/c1-2-9-19-14-4-6-15(7-5-14)20-16-8-3-13(17)10-12(16)11-18/h1,4-8,10H,9H2. The quantitative estimate of drug-likeness (QED) is 0.797. The van der Waals surface area contributed by atoms with Crippen molar-refractivity contribution in [3.8, 4) is 35.7 Å². The van der Waals surface area contributed by atoms with Gasteiger partial charge in [-0.25, -0.2) is 4.39 Å². The van der Waals surface area contributed by atoms with E-state index in [0.717, 1.165) is 6.07 Å². The zero-order chi connectivity index (χ0) is 14.4. The summed E-state index contributed by atoms with van der Waals surface area (Å²) in [7, 11) is 0. The predicted octanol–water partition coefficient (Wildman–Crippen LogP) is 3.30. The lowest BCUT2D eigenvalue weighted by atomic mass is 10.2. The third-order valence-corrected chi connectivity index (χ3v) is 2.37. The summed E-state index contributed by atoms with van der Waals surface area (Å²) in [6.45, 7) is 0.186. The Hall–Kier alpha value is -2.98. The predicted molar refractivity (Wildman–Crippen MR) is 70.8 cm³/mol. The summed E-state index contributed by atoms with van der Waals surface area (Å²) in [5, 5.41) is 8.91. The van der Waals surface area contributed by atoms with Crippen LogP contribution in [0.5, 0.6) is 17.2 Å². The molecule has 0 aliphatic rings. The van der Waals surface area contributed by atoms with Crippen LogP contribution in [0.25, 0.3) is 0 Å². The second kappa shape index (κ2) is 6.26. The largest absolute Gasteiger partial charge is 0.481 e. The van der Waals surface area contributed by atoms with Gasteiger partial charge in [0.25, 0.3) is 0 Å². The lowest BCUT2D eigenvalue weighted by molar-refractivity contribution is 0.369. The van der Waals surface area contributed by atoms with Crippen LogP contribution in [0, 0.1) is 35.6 Å². The molecule has 4 heteroatoms. The highest BCUT2D eigenvalue weighted by molar-refractivity contribution is 5.45. The van der Waals surface area contributed by atoms with Crippen molar-refractivity contribution in [1.29, 1.82) is 5.26 Å². The Labute approximate surface area is 116 Å². The summed E-state index contributed by atoms with van der Waals surface area (Å²) in [4.78, 5) is 0. The molecule has 0 aromatic heterocycles. The van der Waals surface area contributed by atoms with Gasteiger partial charge in [0.05, 0.1) is 5.56 Å². The van der Waals surface area contributed by atoms with Crippen LogP contribution in [0.3, 0.4) is 0 Å². The molecular formula is C16H9FNO2. The van der Waals surface area contributed by atoms with Crippen LogP contribution < -0.4 is 9.47 Å². The molecule has 0 atom stereocenters. The fourth-order valence-electron chi connectivity index (χ4n) is 1.48. The summed E-state index contributed by atoms with van der Waals surface area (Å²) in [5.41, 5.74) is 0.105. The molecular weight excluding hydrogens is 257 g/mol. The average Bonchev–Trinajstić information content (AvgIpc) is 2.48. The first kappa shape index (κ1) is 13.5. The normalized spacial score (nSPS) is 9.35. The fraction of sp³-hybridized carbons (Fsp3) is 0.0625. The minimum atomic E-state index is -0.605. The van der Waals surface area contributed by atoms with E-state index in [9.17, 15) is 4.39 Å². The van der Waals surface area contributed by atoms with Crippen LogP contribution >= 0.6 is 0 Å². The van der Waals surface area contributed by atoms with Crippen LogP contribution in [0.15, 0.2) is 36.4 Å².